The molecule has 1 spiro atoms. The third kappa shape index (κ3) is 2.86. The number of hydrogen-bond donors (Lipinski definition) is 0. The molecule has 4 saturated heterocycles. The third-order valence-electron chi connectivity index (χ3n) is 10.8. The summed E-state index contributed by atoms with van der Waals surface area (Å²) >= 11 is 0. The Labute approximate surface area is 186 Å². The molecule has 9 aliphatic rings. The lowest BCUT2D eigenvalue weighted by atomic mass is 9.50. The van der Waals surface area contributed by atoms with Crippen LogP contribution in [0.25, 0.3) is 0 Å². The quantitative estimate of drug-likeness (QED) is 0.557. The molecule has 5 saturated carbocycles. The van der Waals surface area contributed by atoms with E-state index in [1.165, 1.54) is 44.9 Å². The number of fused-ring (bicyclic) bond motifs is 2. The van der Waals surface area contributed by atoms with Crippen molar-refractivity contribution >= 4 is 0 Å². The second kappa shape index (κ2) is 6.69. The maximum Gasteiger partial charge on any atom is 0.201 e. The average Bonchev–Trinajstić information content (AvgIpc) is 2.95. The van der Waals surface area contributed by atoms with Gasteiger partial charge in [0.1, 0.15) is 0 Å². The highest BCUT2D eigenvalue weighted by Crippen LogP contribution is 2.62. The van der Waals surface area contributed by atoms with Gasteiger partial charge in [0.05, 0.1) is 6.61 Å². The Hall–Kier alpha value is -0.200. The van der Waals surface area contributed by atoms with Gasteiger partial charge in [-0.15, -0.1) is 0 Å². The molecule has 4 heterocycles. The Morgan fingerprint density at radius 3 is 2.29 bits per heavy atom. The normalized spacial score (nSPS) is 61.8. The van der Waals surface area contributed by atoms with Gasteiger partial charge < -0.3 is 14.2 Å². The fourth-order valence-electron chi connectivity index (χ4n) is 9.79. The molecular formula is C26H40O5. The smallest absolute Gasteiger partial charge is 0.201 e. The first-order valence-electron chi connectivity index (χ1n) is 13.2. The highest BCUT2D eigenvalue weighted by molar-refractivity contribution is 5.09. The van der Waals surface area contributed by atoms with E-state index in [9.17, 15) is 0 Å². The van der Waals surface area contributed by atoms with Gasteiger partial charge in [-0.05, 0) is 99.7 Å². The summed E-state index contributed by atoms with van der Waals surface area (Å²) in [5.41, 5.74) is -0.0703. The Morgan fingerprint density at radius 1 is 0.871 bits per heavy atom. The summed E-state index contributed by atoms with van der Waals surface area (Å²) in [7, 11) is 0. The minimum Gasteiger partial charge on any atom is -0.352 e. The summed E-state index contributed by atoms with van der Waals surface area (Å²) in [6.07, 6.45) is 12.3. The lowest BCUT2D eigenvalue weighted by molar-refractivity contribution is -0.577. The van der Waals surface area contributed by atoms with Gasteiger partial charge in [0, 0.05) is 18.3 Å². The fraction of sp³-hybridized carbons (Fsp3) is 1.00. The van der Waals surface area contributed by atoms with Gasteiger partial charge in [-0.2, -0.15) is 0 Å². The zero-order chi connectivity index (χ0) is 21.0. The molecule has 0 aromatic rings. The van der Waals surface area contributed by atoms with Gasteiger partial charge in [0.15, 0.2) is 18.2 Å². The van der Waals surface area contributed by atoms with Gasteiger partial charge in [-0.3, -0.25) is 0 Å². The average molecular weight is 433 g/mol. The summed E-state index contributed by atoms with van der Waals surface area (Å²) in [4.78, 5) is 12.2. The van der Waals surface area contributed by atoms with Gasteiger partial charge in [-0.25, -0.2) is 9.78 Å². The van der Waals surface area contributed by atoms with E-state index in [0.717, 1.165) is 43.6 Å². The van der Waals surface area contributed by atoms with E-state index in [-0.39, 0.29) is 18.5 Å². The molecule has 0 amide bonds. The first-order valence-corrected chi connectivity index (χ1v) is 13.2. The molecule has 9 fully saturated rings. The highest BCUT2D eigenvalue weighted by Gasteiger charge is 2.69. The Bertz CT molecular complexity index is 704. The lowest BCUT2D eigenvalue weighted by Gasteiger charge is -2.61. The van der Waals surface area contributed by atoms with Crippen LogP contribution < -0.4 is 0 Å². The molecule has 9 rings (SSSR count). The predicted octanol–water partition coefficient (Wildman–Crippen LogP) is 5.43. The van der Waals surface area contributed by atoms with E-state index in [4.69, 9.17) is 24.0 Å². The van der Waals surface area contributed by atoms with Crippen molar-refractivity contribution in [3.8, 4) is 0 Å². The minimum atomic E-state index is -0.706. The van der Waals surface area contributed by atoms with Crippen molar-refractivity contribution in [3.05, 3.63) is 0 Å². The van der Waals surface area contributed by atoms with Crippen molar-refractivity contribution in [3.63, 3.8) is 0 Å². The van der Waals surface area contributed by atoms with Crippen LogP contribution in [0.4, 0.5) is 0 Å². The van der Waals surface area contributed by atoms with Crippen LogP contribution in [0.2, 0.25) is 0 Å². The number of rotatable bonds is 3. The van der Waals surface area contributed by atoms with Gasteiger partial charge in [0.2, 0.25) is 5.79 Å². The molecule has 8 atom stereocenters. The molecule has 5 nitrogen and oxygen atoms in total. The summed E-state index contributed by atoms with van der Waals surface area (Å²) in [5.74, 6) is 3.83. The molecule has 5 heteroatoms. The van der Waals surface area contributed by atoms with Crippen LogP contribution >= 0.6 is 0 Å². The predicted molar refractivity (Wildman–Crippen MR) is 113 cm³/mol. The molecule has 5 aliphatic carbocycles. The second-order valence-corrected chi connectivity index (χ2v) is 13.0. The molecule has 6 bridgehead atoms. The van der Waals surface area contributed by atoms with Crippen molar-refractivity contribution in [2.45, 2.75) is 109 Å². The molecule has 0 unspecified atom stereocenters. The van der Waals surface area contributed by atoms with Crippen LogP contribution in [0, 0.1) is 46.8 Å². The van der Waals surface area contributed by atoms with E-state index in [0.29, 0.717) is 23.2 Å². The van der Waals surface area contributed by atoms with Gasteiger partial charge in [-0.1, -0.05) is 13.8 Å². The van der Waals surface area contributed by atoms with Crippen molar-refractivity contribution in [1.29, 1.82) is 0 Å². The minimum absolute atomic E-state index is 0.200. The van der Waals surface area contributed by atoms with Crippen molar-refractivity contribution in [2.75, 3.05) is 6.61 Å². The molecule has 0 aromatic carbocycles. The zero-order valence-electron chi connectivity index (χ0n) is 19.5. The van der Waals surface area contributed by atoms with Crippen LogP contribution in [-0.4, -0.2) is 30.6 Å². The molecule has 4 aliphatic heterocycles. The topological polar surface area (TPSA) is 46.2 Å². The maximum absolute atomic E-state index is 6.73. The van der Waals surface area contributed by atoms with Gasteiger partial charge in [0.25, 0.3) is 0 Å². The number of ether oxygens (including phenoxy) is 3. The third-order valence-corrected chi connectivity index (χ3v) is 10.8. The summed E-state index contributed by atoms with van der Waals surface area (Å²) in [6.45, 7) is 7.56. The fourth-order valence-corrected chi connectivity index (χ4v) is 9.79. The molecule has 0 N–H and O–H groups in total. The van der Waals surface area contributed by atoms with Crippen LogP contribution in [0.3, 0.4) is 0 Å². The van der Waals surface area contributed by atoms with Crippen molar-refractivity contribution in [1.82, 2.24) is 0 Å². The molecule has 174 valence electrons. The summed E-state index contributed by atoms with van der Waals surface area (Å²) in [5, 5.41) is 0. The molecule has 31 heavy (non-hydrogen) atoms. The van der Waals surface area contributed by atoms with E-state index >= 15 is 0 Å². The van der Waals surface area contributed by atoms with Crippen molar-refractivity contribution in [2.24, 2.45) is 46.8 Å². The standard InChI is InChI=1S/C26H40O5/c1-15-4-5-21-16(2)22(27-14-25-11-17-8-18(12-25)10-19(9-17)13-25)28-23-26(21)20(15)6-7-24(3,29-23)30-31-26/h15-23H,4-14H2,1-3H3/t15-,16-,17?,18?,19?,20+,21+,22+,23-,24-,25?,26-/m1/s1. The highest BCUT2D eigenvalue weighted by atomic mass is 17.3. The Kier molecular flexibility index (Phi) is 4.36. The SMILES string of the molecule is C[C@H]1[C@@H](OCC23CC4CC(CC(C4)C2)C3)O[C@@H]2O[C@@]3(C)CC[C@H]4[C@H](C)CC[C@@H]1[C@@]24OO3. The van der Waals surface area contributed by atoms with E-state index in [2.05, 4.69) is 13.8 Å². The van der Waals surface area contributed by atoms with Crippen LogP contribution in [0.5, 0.6) is 0 Å². The van der Waals surface area contributed by atoms with Crippen LogP contribution in [-0.2, 0) is 24.0 Å². The lowest BCUT2D eigenvalue weighted by Crippen LogP contribution is -2.70. The first-order chi connectivity index (χ1) is 14.9. The zero-order valence-corrected chi connectivity index (χ0v) is 19.5. The van der Waals surface area contributed by atoms with E-state index in [1.54, 1.807) is 0 Å². The molecule has 0 radical (unpaired) electrons. The number of hydrogen-bond acceptors (Lipinski definition) is 5. The largest absolute Gasteiger partial charge is 0.352 e. The van der Waals surface area contributed by atoms with E-state index in [1.807, 2.05) is 6.92 Å². The van der Waals surface area contributed by atoms with Crippen LogP contribution in [0.15, 0.2) is 0 Å². The van der Waals surface area contributed by atoms with Crippen LogP contribution in [0.1, 0.15) is 85.0 Å². The monoisotopic (exact) mass is 432 g/mol. The summed E-state index contributed by atoms with van der Waals surface area (Å²) < 4.78 is 19.9. The molecular weight excluding hydrogens is 392 g/mol. The molecule has 0 aromatic heterocycles. The second-order valence-electron chi connectivity index (χ2n) is 13.0. The van der Waals surface area contributed by atoms with Crippen molar-refractivity contribution < 1.29 is 24.0 Å². The Balaban J connectivity index is 1.14. The Morgan fingerprint density at radius 2 is 1.58 bits per heavy atom. The van der Waals surface area contributed by atoms with E-state index < -0.39 is 11.4 Å². The maximum atomic E-state index is 6.73. The van der Waals surface area contributed by atoms with Gasteiger partial charge >= 0.3 is 0 Å². The first kappa shape index (κ1) is 20.2. The summed E-state index contributed by atoms with van der Waals surface area (Å²) in [6, 6.07) is 0.